The minimum atomic E-state index is 0.740. The lowest BCUT2D eigenvalue weighted by atomic mass is 10.0. The zero-order valence-corrected chi connectivity index (χ0v) is 13.0. The summed E-state index contributed by atoms with van der Waals surface area (Å²) in [6.45, 7) is 0. The maximum atomic E-state index is 5.99. The number of hydrogen-bond donors (Lipinski definition) is 2. The van der Waals surface area contributed by atoms with E-state index in [9.17, 15) is 0 Å². The standard InChI is InChI=1S/C20H16N4/c21-18-11-4-2-7-15(18)12-13-19-20(23-24-22-19)17-10-5-8-14-6-1-3-9-16(14)17/h1-13H,21H2,(H,22,23,24). The molecule has 0 bridgehead atoms. The number of aromatic nitrogens is 3. The lowest BCUT2D eigenvalue weighted by Gasteiger charge is -2.04. The third kappa shape index (κ3) is 2.54. The summed E-state index contributed by atoms with van der Waals surface area (Å²) >= 11 is 0. The number of nitrogens with two attached hydrogens (primary N) is 1. The van der Waals surface area contributed by atoms with Crippen molar-refractivity contribution in [2.24, 2.45) is 0 Å². The Morgan fingerprint density at radius 2 is 1.58 bits per heavy atom. The van der Waals surface area contributed by atoms with Gasteiger partial charge in [0.05, 0.1) is 0 Å². The van der Waals surface area contributed by atoms with Crippen LogP contribution in [0.3, 0.4) is 0 Å². The third-order valence-electron chi connectivity index (χ3n) is 4.04. The van der Waals surface area contributed by atoms with Crippen LogP contribution in [0.2, 0.25) is 0 Å². The van der Waals surface area contributed by atoms with Crippen molar-refractivity contribution in [3.63, 3.8) is 0 Å². The SMILES string of the molecule is Nc1ccccc1C=Cc1n[nH]nc1-c1cccc2ccccc12. The Morgan fingerprint density at radius 3 is 2.50 bits per heavy atom. The van der Waals surface area contributed by atoms with Crippen LogP contribution in [-0.4, -0.2) is 15.4 Å². The number of nitrogens with zero attached hydrogens (tertiary/aromatic N) is 2. The number of para-hydroxylation sites is 1. The molecule has 1 aromatic heterocycles. The normalized spacial score (nSPS) is 11.3. The fraction of sp³-hybridized carbons (Fsp3) is 0. The van der Waals surface area contributed by atoms with Gasteiger partial charge in [-0.15, -0.1) is 0 Å². The van der Waals surface area contributed by atoms with Crippen molar-refractivity contribution in [3.8, 4) is 11.3 Å². The molecule has 0 saturated carbocycles. The summed E-state index contributed by atoms with van der Waals surface area (Å²) in [5, 5.41) is 13.7. The van der Waals surface area contributed by atoms with Crippen LogP contribution in [0, 0.1) is 0 Å². The topological polar surface area (TPSA) is 67.6 Å². The highest BCUT2D eigenvalue weighted by Gasteiger charge is 2.11. The monoisotopic (exact) mass is 312 g/mol. The molecule has 0 amide bonds. The largest absolute Gasteiger partial charge is 0.398 e. The molecule has 4 aromatic rings. The molecular weight excluding hydrogens is 296 g/mol. The lowest BCUT2D eigenvalue weighted by molar-refractivity contribution is 0.939. The molecule has 116 valence electrons. The van der Waals surface area contributed by atoms with Gasteiger partial charge >= 0.3 is 0 Å². The number of aromatic amines is 1. The molecular formula is C20H16N4. The van der Waals surface area contributed by atoms with Gasteiger partial charge in [-0.25, -0.2) is 0 Å². The van der Waals surface area contributed by atoms with E-state index in [-0.39, 0.29) is 0 Å². The second-order valence-electron chi connectivity index (χ2n) is 5.55. The average Bonchev–Trinajstić information content (AvgIpc) is 3.09. The summed E-state index contributed by atoms with van der Waals surface area (Å²) in [6, 6.07) is 22.2. The van der Waals surface area contributed by atoms with Crippen molar-refractivity contribution in [1.82, 2.24) is 15.4 Å². The van der Waals surface area contributed by atoms with Crippen molar-refractivity contribution in [2.45, 2.75) is 0 Å². The van der Waals surface area contributed by atoms with Crippen molar-refractivity contribution in [2.75, 3.05) is 5.73 Å². The molecule has 0 atom stereocenters. The van der Waals surface area contributed by atoms with Gasteiger partial charge in [-0.1, -0.05) is 66.7 Å². The number of nitrogens with one attached hydrogen (secondary N) is 1. The minimum Gasteiger partial charge on any atom is -0.398 e. The Bertz CT molecular complexity index is 1030. The molecule has 0 fully saturated rings. The number of anilines is 1. The summed E-state index contributed by atoms with van der Waals surface area (Å²) in [4.78, 5) is 0. The predicted molar refractivity (Wildman–Crippen MR) is 99.1 cm³/mol. The smallest absolute Gasteiger partial charge is 0.120 e. The molecule has 0 saturated heterocycles. The van der Waals surface area contributed by atoms with Gasteiger partial charge in [0.25, 0.3) is 0 Å². The van der Waals surface area contributed by atoms with Gasteiger partial charge in [0.1, 0.15) is 11.4 Å². The Hall–Kier alpha value is -3.40. The Kier molecular flexibility index (Phi) is 3.56. The zero-order chi connectivity index (χ0) is 16.4. The molecule has 0 radical (unpaired) electrons. The van der Waals surface area contributed by atoms with E-state index in [1.165, 1.54) is 5.39 Å². The maximum Gasteiger partial charge on any atom is 0.120 e. The van der Waals surface area contributed by atoms with Gasteiger partial charge in [-0.05, 0) is 28.5 Å². The van der Waals surface area contributed by atoms with E-state index in [0.29, 0.717) is 0 Å². The summed E-state index contributed by atoms with van der Waals surface area (Å²) < 4.78 is 0. The fourth-order valence-corrected chi connectivity index (χ4v) is 2.82. The van der Waals surface area contributed by atoms with E-state index in [2.05, 4.69) is 39.7 Å². The number of hydrogen-bond acceptors (Lipinski definition) is 3. The lowest BCUT2D eigenvalue weighted by Crippen LogP contribution is -1.88. The van der Waals surface area contributed by atoms with Crippen LogP contribution in [0.1, 0.15) is 11.3 Å². The average molecular weight is 312 g/mol. The van der Waals surface area contributed by atoms with Crippen LogP contribution < -0.4 is 5.73 Å². The van der Waals surface area contributed by atoms with Crippen LogP contribution in [0.25, 0.3) is 34.2 Å². The molecule has 1 heterocycles. The van der Waals surface area contributed by atoms with Crippen LogP contribution in [0.15, 0.2) is 66.7 Å². The number of fused-ring (bicyclic) bond motifs is 1. The van der Waals surface area contributed by atoms with Gasteiger partial charge in [-0.3, -0.25) is 0 Å². The van der Waals surface area contributed by atoms with Crippen LogP contribution in [0.5, 0.6) is 0 Å². The van der Waals surface area contributed by atoms with E-state index in [1.807, 2.05) is 54.6 Å². The van der Waals surface area contributed by atoms with Crippen LogP contribution in [-0.2, 0) is 0 Å². The van der Waals surface area contributed by atoms with Crippen molar-refractivity contribution in [3.05, 3.63) is 78.0 Å². The van der Waals surface area contributed by atoms with Gasteiger partial charge in [0.15, 0.2) is 0 Å². The summed E-state index contributed by atoms with van der Waals surface area (Å²) in [7, 11) is 0. The van der Waals surface area contributed by atoms with E-state index in [1.54, 1.807) is 0 Å². The number of benzene rings is 3. The Balaban J connectivity index is 1.79. The molecule has 4 nitrogen and oxygen atoms in total. The van der Waals surface area contributed by atoms with Gasteiger partial charge in [0.2, 0.25) is 0 Å². The van der Waals surface area contributed by atoms with Crippen molar-refractivity contribution >= 4 is 28.6 Å². The van der Waals surface area contributed by atoms with Gasteiger partial charge in [-0.2, -0.15) is 15.4 Å². The highest BCUT2D eigenvalue weighted by atomic mass is 15.3. The quantitative estimate of drug-likeness (QED) is 0.552. The second kappa shape index (κ2) is 6.01. The first-order valence-corrected chi connectivity index (χ1v) is 7.74. The molecule has 0 aliphatic carbocycles. The van der Waals surface area contributed by atoms with Gasteiger partial charge < -0.3 is 5.73 Å². The fourth-order valence-electron chi connectivity index (χ4n) is 2.82. The summed E-state index contributed by atoms with van der Waals surface area (Å²) in [6.07, 6.45) is 3.90. The first-order valence-electron chi connectivity index (χ1n) is 7.74. The number of rotatable bonds is 3. The highest BCUT2D eigenvalue weighted by molar-refractivity contribution is 5.97. The predicted octanol–water partition coefficient (Wildman–Crippen LogP) is 4.38. The molecule has 0 spiro atoms. The first kappa shape index (κ1) is 14.2. The van der Waals surface area contributed by atoms with E-state index in [0.717, 1.165) is 33.6 Å². The first-order chi connectivity index (χ1) is 11.8. The molecule has 0 aliphatic rings. The Labute approximate surface area is 139 Å². The van der Waals surface area contributed by atoms with E-state index in [4.69, 9.17) is 5.73 Å². The van der Waals surface area contributed by atoms with Crippen molar-refractivity contribution in [1.29, 1.82) is 0 Å². The zero-order valence-electron chi connectivity index (χ0n) is 13.0. The summed E-state index contributed by atoms with van der Waals surface area (Å²) in [5.74, 6) is 0. The molecule has 3 N–H and O–H groups in total. The van der Waals surface area contributed by atoms with Crippen LogP contribution >= 0.6 is 0 Å². The summed E-state index contributed by atoms with van der Waals surface area (Å²) in [5.41, 5.74) is 10.4. The molecule has 0 aliphatic heterocycles. The molecule has 4 rings (SSSR count). The number of nitrogen functional groups attached to an aromatic ring is 1. The molecule has 4 heteroatoms. The maximum absolute atomic E-state index is 5.99. The molecule has 24 heavy (non-hydrogen) atoms. The molecule has 0 unspecified atom stereocenters. The second-order valence-corrected chi connectivity index (χ2v) is 5.55. The van der Waals surface area contributed by atoms with Crippen molar-refractivity contribution < 1.29 is 0 Å². The number of H-pyrrole nitrogens is 1. The highest BCUT2D eigenvalue weighted by Crippen LogP contribution is 2.29. The van der Waals surface area contributed by atoms with E-state index >= 15 is 0 Å². The Morgan fingerprint density at radius 1 is 0.792 bits per heavy atom. The van der Waals surface area contributed by atoms with Gasteiger partial charge in [0, 0.05) is 11.3 Å². The van der Waals surface area contributed by atoms with Crippen LogP contribution in [0.4, 0.5) is 5.69 Å². The van der Waals surface area contributed by atoms with E-state index < -0.39 is 0 Å². The minimum absolute atomic E-state index is 0.740. The molecule has 3 aromatic carbocycles. The third-order valence-corrected chi connectivity index (χ3v) is 4.04.